The molecule has 0 aliphatic heterocycles. The Kier molecular flexibility index (Phi) is 5.85. The second-order valence-electron chi connectivity index (χ2n) is 4.61. The minimum absolute atomic E-state index is 0.215. The molecule has 2 N–H and O–H groups in total. The second kappa shape index (κ2) is 6.56. The number of halogens is 2. The number of anilines is 1. The summed E-state index contributed by atoms with van der Waals surface area (Å²) >= 11 is 6.54. The lowest BCUT2D eigenvalue weighted by molar-refractivity contribution is 0.393. The van der Waals surface area contributed by atoms with E-state index in [-0.39, 0.29) is 4.90 Å². The maximum Gasteiger partial charge on any atom is 0.245 e. The predicted octanol–water partition coefficient (Wildman–Crippen LogP) is 3.46. The van der Waals surface area contributed by atoms with Gasteiger partial charge >= 0.3 is 0 Å². The lowest BCUT2D eigenvalue weighted by Gasteiger charge is -2.22. The molecule has 1 unspecified atom stereocenters. The van der Waals surface area contributed by atoms with Crippen molar-refractivity contribution in [3.63, 3.8) is 0 Å². The largest absolute Gasteiger partial charge is 0.399 e. The van der Waals surface area contributed by atoms with Gasteiger partial charge in [0, 0.05) is 28.2 Å². The third kappa shape index (κ3) is 3.93. The third-order valence-electron chi connectivity index (χ3n) is 2.95. The topological polar surface area (TPSA) is 63.4 Å². The van der Waals surface area contributed by atoms with Crippen LogP contribution in [0, 0.1) is 5.92 Å². The molecule has 0 aliphatic carbocycles. The fraction of sp³-hybridized carbons (Fsp3) is 0.500. The van der Waals surface area contributed by atoms with E-state index in [1.807, 2.05) is 13.8 Å². The highest BCUT2D eigenvalue weighted by atomic mass is 79.9. The number of nitrogens with two attached hydrogens (primary N) is 1. The van der Waals surface area contributed by atoms with Crippen LogP contribution in [-0.4, -0.2) is 26.3 Å². The normalized spacial score (nSPS) is 13.8. The van der Waals surface area contributed by atoms with Crippen LogP contribution in [0.5, 0.6) is 0 Å². The van der Waals surface area contributed by atoms with Crippen molar-refractivity contribution in [2.75, 3.05) is 19.3 Å². The molecule has 0 aliphatic rings. The van der Waals surface area contributed by atoms with Crippen molar-refractivity contribution in [2.24, 2.45) is 5.92 Å². The van der Waals surface area contributed by atoms with Crippen molar-refractivity contribution in [1.29, 1.82) is 0 Å². The summed E-state index contributed by atoms with van der Waals surface area (Å²) < 4.78 is 27.4. The average Bonchev–Trinajstić information content (AvgIpc) is 2.26. The van der Waals surface area contributed by atoms with Crippen LogP contribution in [0.1, 0.15) is 20.3 Å². The molecule has 0 spiro atoms. The summed E-state index contributed by atoms with van der Waals surface area (Å²) in [5.74, 6) is 0.311. The maximum atomic E-state index is 12.6. The Morgan fingerprint density at radius 1 is 1.32 bits per heavy atom. The molecule has 7 heteroatoms. The standard InChI is InChI=1S/C12H18Br2N2O2S/c1-4-8(2)7-16(3)19(17,18)12-10(13)5-9(15)6-11(12)14/h5-6,8H,4,7,15H2,1-3H3. The van der Waals surface area contributed by atoms with E-state index in [9.17, 15) is 8.42 Å². The minimum atomic E-state index is -3.54. The molecule has 0 fully saturated rings. The van der Waals surface area contributed by atoms with E-state index >= 15 is 0 Å². The van der Waals surface area contributed by atoms with E-state index in [0.717, 1.165) is 6.42 Å². The van der Waals surface area contributed by atoms with Crippen molar-refractivity contribution >= 4 is 47.6 Å². The van der Waals surface area contributed by atoms with Crippen LogP contribution in [0.3, 0.4) is 0 Å². The molecular formula is C12H18Br2N2O2S. The lowest BCUT2D eigenvalue weighted by atomic mass is 10.1. The van der Waals surface area contributed by atoms with Gasteiger partial charge in [0.15, 0.2) is 0 Å². The molecule has 1 aromatic carbocycles. The first-order valence-corrected chi connectivity index (χ1v) is 8.93. The van der Waals surface area contributed by atoms with Gasteiger partial charge in [-0.3, -0.25) is 0 Å². The number of sulfonamides is 1. The first-order chi connectivity index (χ1) is 8.70. The zero-order chi connectivity index (χ0) is 14.8. The summed E-state index contributed by atoms with van der Waals surface area (Å²) in [4.78, 5) is 0.215. The molecule has 19 heavy (non-hydrogen) atoms. The summed E-state index contributed by atoms with van der Waals surface area (Å²) in [6.45, 7) is 4.56. The van der Waals surface area contributed by atoms with Crippen LogP contribution in [0.15, 0.2) is 26.0 Å². The third-order valence-corrected chi connectivity index (χ3v) is 6.66. The van der Waals surface area contributed by atoms with Crippen LogP contribution < -0.4 is 5.73 Å². The van der Waals surface area contributed by atoms with E-state index in [2.05, 4.69) is 31.9 Å². The number of nitrogens with zero attached hydrogens (tertiary/aromatic N) is 1. The highest BCUT2D eigenvalue weighted by Gasteiger charge is 2.27. The Hall–Kier alpha value is -0.110. The molecule has 0 bridgehead atoms. The van der Waals surface area contributed by atoms with Gasteiger partial charge < -0.3 is 5.73 Å². The molecule has 1 aromatic rings. The predicted molar refractivity (Wildman–Crippen MR) is 85.5 cm³/mol. The van der Waals surface area contributed by atoms with Crippen molar-refractivity contribution in [3.8, 4) is 0 Å². The van der Waals surface area contributed by atoms with Crippen LogP contribution >= 0.6 is 31.9 Å². The van der Waals surface area contributed by atoms with Gasteiger partial charge in [0.2, 0.25) is 10.0 Å². The highest BCUT2D eigenvalue weighted by Crippen LogP contribution is 2.34. The molecule has 4 nitrogen and oxygen atoms in total. The Morgan fingerprint density at radius 3 is 2.21 bits per heavy atom. The maximum absolute atomic E-state index is 12.6. The monoisotopic (exact) mass is 412 g/mol. The van der Waals surface area contributed by atoms with Crippen LogP contribution in [-0.2, 0) is 10.0 Å². The molecule has 0 heterocycles. The molecule has 0 radical (unpaired) electrons. The number of benzene rings is 1. The second-order valence-corrected chi connectivity index (χ2v) is 8.30. The van der Waals surface area contributed by atoms with E-state index < -0.39 is 10.0 Å². The summed E-state index contributed by atoms with van der Waals surface area (Å²) in [7, 11) is -1.94. The van der Waals surface area contributed by atoms with Gasteiger partial charge in [-0.05, 0) is 49.9 Å². The van der Waals surface area contributed by atoms with E-state index in [0.29, 0.717) is 27.1 Å². The minimum Gasteiger partial charge on any atom is -0.399 e. The number of nitrogen functional groups attached to an aromatic ring is 1. The molecule has 0 saturated carbocycles. The SMILES string of the molecule is CCC(C)CN(C)S(=O)(=O)c1c(Br)cc(N)cc1Br. The molecule has 1 atom stereocenters. The number of hydrogen-bond donors (Lipinski definition) is 1. The van der Waals surface area contributed by atoms with Crippen molar-refractivity contribution in [2.45, 2.75) is 25.2 Å². The summed E-state index contributed by atoms with van der Waals surface area (Å²) in [5.41, 5.74) is 6.18. The fourth-order valence-corrected chi connectivity index (χ4v) is 5.47. The Labute approximate surface area is 131 Å². The van der Waals surface area contributed by atoms with Gasteiger partial charge in [-0.25, -0.2) is 12.7 Å². The highest BCUT2D eigenvalue weighted by molar-refractivity contribution is 9.11. The fourth-order valence-electron chi connectivity index (χ4n) is 1.65. The smallest absolute Gasteiger partial charge is 0.245 e. The Morgan fingerprint density at radius 2 is 1.79 bits per heavy atom. The average molecular weight is 414 g/mol. The zero-order valence-corrected chi connectivity index (χ0v) is 15.1. The first kappa shape index (κ1) is 16.9. The van der Waals surface area contributed by atoms with Gasteiger partial charge in [0.25, 0.3) is 0 Å². The molecule has 0 aromatic heterocycles. The Balaban J connectivity index is 3.21. The van der Waals surface area contributed by atoms with Gasteiger partial charge in [-0.15, -0.1) is 0 Å². The summed E-state index contributed by atoms with van der Waals surface area (Å²) in [5, 5.41) is 0. The van der Waals surface area contributed by atoms with Crippen molar-refractivity contribution in [1.82, 2.24) is 4.31 Å². The summed E-state index contributed by atoms with van der Waals surface area (Å²) in [6, 6.07) is 3.18. The molecular weight excluding hydrogens is 396 g/mol. The quantitative estimate of drug-likeness (QED) is 0.751. The lowest BCUT2D eigenvalue weighted by Crippen LogP contribution is -2.31. The first-order valence-electron chi connectivity index (χ1n) is 5.91. The molecule has 0 saturated heterocycles. The molecule has 108 valence electrons. The number of rotatable bonds is 5. The van der Waals surface area contributed by atoms with Crippen LogP contribution in [0.25, 0.3) is 0 Å². The summed E-state index contributed by atoms with van der Waals surface area (Å²) in [6.07, 6.45) is 0.934. The van der Waals surface area contributed by atoms with Gasteiger partial charge in [0.05, 0.1) is 0 Å². The van der Waals surface area contributed by atoms with Crippen LogP contribution in [0.2, 0.25) is 0 Å². The Bertz CT molecular complexity index is 538. The van der Waals surface area contributed by atoms with Gasteiger partial charge in [-0.2, -0.15) is 0 Å². The van der Waals surface area contributed by atoms with E-state index in [1.165, 1.54) is 4.31 Å². The van der Waals surface area contributed by atoms with E-state index in [1.54, 1.807) is 19.2 Å². The zero-order valence-electron chi connectivity index (χ0n) is 11.2. The van der Waals surface area contributed by atoms with E-state index in [4.69, 9.17) is 5.73 Å². The van der Waals surface area contributed by atoms with Gasteiger partial charge in [-0.1, -0.05) is 20.3 Å². The molecule has 0 amide bonds. The van der Waals surface area contributed by atoms with Gasteiger partial charge in [0.1, 0.15) is 4.90 Å². The van der Waals surface area contributed by atoms with Crippen LogP contribution in [0.4, 0.5) is 5.69 Å². The number of hydrogen-bond acceptors (Lipinski definition) is 3. The van der Waals surface area contributed by atoms with Crippen molar-refractivity contribution < 1.29 is 8.42 Å². The molecule has 1 rings (SSSR count). The van der Waals surface area contributed by atoms with Crippen molar-refractivity contribution in [3.05, 3.63) is 21.1 Å².